The summed E-state index contributed by atoms with van der Waals surface area (Å²) in [5.74, 6) is -0.202. The molecule has 1 atom stereocenters. The molecular formula is C18H29N3O4. The van der Waals surface area contributed by atoms with E-state index in [1.54, 1.807) is 9.80 Å². The minimum absolute atomic E-state index is 0.0323. The van der Waals surface area contributed by atoms with Crippen LogP contribution in [-0.4, -0.2) is 73.5 Å². The molecule has 0 radical (unpaired) electrons. The van der Waals surface area contributed by atoms with E-state index in [0.29, 0.717) is 13.1 Å². The van der Waals surface area contributed by atoms with Crippen molar-refractivity contribution in [2.45, 2.75) is 44.6 Å². The van der Waals surface area contributed by atoms with Crippen LogP contribution in [-0.2, 0) is 19.1 Å². The Morgan fingerprint density at radius 1 is 0.920 bits per heavy atom. The first-order chi connectivity index (χ1) is 12.1. The van der Waals surface area contributed by atoms with Crippen LogP contribution in [0, 0.1) is 11.8 Å². The van der Waals surface area contributed by atoms with E-state index in [1.807, 2.05) is 0 Å². The molecule has 25 heavy (non-hydrogen) atoms. The second-order valence-electron chi connectivity index (χ2n) is 7.36. The van der Waals surface area contributed by atoms with E-state index in [2.05, 4.69) is 5.32 Å². The standard InChI is InChI=1S/C18H29N3O4/c1-25-18(24)15-12-20(16(22)13-4-2-3-5-13)10-11-21(15)17(23)14-6-8-19-9-7-14/h13-15,19H,2-12H2,1H3/t15-/m0/s1. The van der Waals surface area contributed by atoms with Crippen LogP contribution in [0.15, 0.2) is 0 Å². The van der Waals surface area contributed by atoms with Crippen molar-refractivity contribution in [1.29, 1.82) is 0 Å². The molecule has 0 unspecified atom stereocenters. The van der Waals surface area contributed by atoms with Crippen LogP contribution >= 0.6 is 0 Å². The van der Waals surface area contributed by atoms with Gasteiger partial charge in [0.25, 0.3) is 0 Å². The molecule has 2 amide bonds. The topological polar surface area (TPSA) is 79.0 Å². The summed E-state index contributed by atoms with van der Waals surface area (Å²) in [6.45, 7) is 2.86. The summed E-state index contributed by atoms with van der Waals surface area (Å²) in [6.07, 6.45) is 5.68. The van der Waals surface area contributed by atoms with E-state index in [1.165, 1.54) is 7.11 Å². The Hall–Kier alpha value is -1.63. The van der Waals surface area contributed by atoms with Gasteiger partial charge in [-0.1, -0.05) is 12.8 Å². The number of ether oxygens (including phenoxy) is 1. The lowest BCUT2D eigenvalue weighted by Gasteiger charge is -2.42. The summed E-state index contributed by atoms with van der Waals surface area (Å²) in [5.41, 5.74) is 0. The first-order valence-electron chi connectivity index (χ1n) is 9.49. The van der Waals surface area contributed by atoms with E-state index in [9.17, 15) is 14.4 Å². The van der Waals surface area contributed by atoms with Crippen LogP contribution in [0.25, 0.3) is 0 Å². The zero-order valence-electron chi connectivity index (χ0n) is 15.0. The maximum Gasteiger partial charge on any atom is 0.330 e. The lowest BCUT2D eigenvalue weighted by atomic mass is 9.95. The van der Waals surface area contributed by atoms with Crippen LogP contribution in [0.1, 0.15) is 38.5 Å². The van der Waals surface area contributed by atoms with Gasteiger partial charge in [-0.05, 0) is 38.8 Å². The number of nitrogens with one attached hydrogen (secondary N) is 1. The molecule has 1 N–H and O–H groups in total. The van der Waals surface area contributed by atoms with E-state index in [-0.39, 0.29) is 30.2 Å². The number of nitrogens with zero attached hydrogens (tertiary/aromatic N) is 2. The van der Waals surface area contributed by atoms with E-state index in [0.717, 1.165) is 51.6 Å². The van der Waals surface area contributed by atoms with Crippen LogP contribution in [0.5, 0.6) is 0 Å². The Balaban J connectivity index is 1.68. The fourth-order valence-corrected chi connectivity index (χ4v) is 4.32. The number of esters is 1. The number of hydrogen-bond donors (Lipinski definition) is 1. The quantitative estimate of drug-likeness (QED) is 0.744. The first-order valence-corrected chi connectivity index (χ1v) is 9.49. The van der Waals surface area contributed by atoms with Gasteiger partial charge in [0.2, 0.25) is 11.8 Å². The fraction of sp³-hybridized carbons (Fsp3) is 0.833. The van der Waals surface area contributed by atoms with Crippen molar-refractivity contribution in [3.63, 3.8) is 0 Å². The molecule has 140 valence electrons. The zero-order valence-corrected chi connectivity index (χ0v) is 15.0. The molecule has 0 aromatic rings. The highest BCUT2D eigenvalue weighted by molar-refractivity contribution is 5.88. The third kappa shape index (κ3) is 3.97. The predicted octanol–water partition coefficient (Wildman–Crippen LogP) is 0.389. The second kappa shape index (κ2) is 8.17. The van der Waals surface area contributed by atoms with Crippen LogP contribution < -0.4 is 5.32 Å². The number of methoxy groups -OCH3 is 1. The Labute approximate surface area is 149 Å². The lowest BCUT2D eigenvalue weighted by molar-refractivity contribution is -0.161. The molecule has 1 saturated carbocycles. The SMILES string of the molecule is COC(=O)[C@@H]1CN(C(=O)C2CCCC2)CCN1C(=O)C1CCNCC1. The highest BCUT2D eigenvalue weighted by atomic mass is 16.5. The highest BCUT2D eigenvalue weighted by Gasteiger charge is 2.41. The van der Waals surface area contributed by atoms with Gasteiger partial charge in [0.1, 0.15) is 6.04 Å². The molecule has 2 heterocycles. The molecule has 3 aliphatic rings. The molecule has 0 spiro atoms. The van der Waals surface area contributed by atoms with Gasteiger partial charge in [0, 0.05) is 24.9 Å². The second-order valence-corrected chi connectivity index (χ2v) is 7.36. The third-order valence-corrected chi connectivity index (χ3v) is 5.84. The minimum Gasteiger partial charge on any atom is -0.467 e. The van der Waals surface area contributed by atoms with E-state index in [4.69, 9.17) is 4.74 Å². The molecule has 0 aromatic heterocycles. The molecule has 2 saturated heterocycles. The maximum absolute atomic E-state index is 12.9. The van der Waals surface area contributed by atoms with Crippen molar-refractivity contribution < 1.29 is 19.1 Å². The Bertz CT molecular complexity index is 512. The number of piperidine rings is 1. The van der Waals surface area contributed by atoms with E-state index < -0.39 is 12.0 Å². The van der Waals surface area contributed by atoms with Gasteiger partial charge in [0.15, 0.2) is 0 Å². The number of carbonyl (C=O) groups is 3. The summed E-state index contributed by atoms with van der Waals surface area (Å²) in [6, 6.07) is -0.675. The lowest BCUT2D eigenvalue weighted by Crippen LogP contribution is -2.61. The maximum atomic E-state index is 12.9. The molecule has 3 fully saturated rings. The number of hydrogen-bond acceptors (Lipinski definition) is 5. The Kier molecular flexibility index (Phi) is 5.93. The van der Waals surface area contributed by atoms with Crippen molar-refractivity contribution in [3.8, 4) is 0 Å². The van der Waals surface area contributed by atoms with Crippen molar-refractivity contribution in [1.82, 2.24) is 15.1 Å². The zero-order chi connectivity index (χ0) is 17.8. The van der Waals surface area contributed by atoms with Gasteiger partial charge in [-0.3, -0.25) is 9.59 Å². The average Bonchev–Trinajstić information content (AvgIpc) is 3.21. The predicted molar refractivity (Wildman–Crippen MR) is 91.6 cm³/mol. The molecule has 0 bridgehead atoms. The van der Waals surface area contributed by atoms with Crippen LogP contribution in [0.2, 0.25) is 0 Å². The van der Waals surface area contributed by atoms with Crippen molar-refractivity contribution >= 4 is 17.8 Å². The molecular weight excluding hydrogens is 322 g/mol. The molecule has 7 heteroatoms. The normalized spacial score (nSPS) is 25.9. The van der Waals surface area contributed by atoms with Crippen LogP contribution in [0.4, 0.5) is 0 Å². The monoisotopic (exact) mass is 351 g/mol. The number of amides is 2. The van der Waals surface area contributed by atoms with Crippen LogP contribution in [0.3, 0.4) is 0 Å². The fourth-order valence-electron chi connectivity index (χ4n) is 4.32. The van der Waals surface area contributed by atoms with Gasteiger partial charge in [-0.15, -0.1) is 0 Å². The Morgan fingerprint density at radius 2 is 1.56 bits per heavy atom. The van der Waals surface area contributed by atoms with Gasteiger partial charge >= 0.3 is 5.97 Å². The minimum atomic E-state index is -0.675. The van der Waals surface area contributed by atoms with Gasteiger partial charge in [-0.25, -0.2) is 4.79 Å². The first kappa shape index (κ1) is 18.2. The largest absolute Gasteiger partial charge is 0.467 e. The third-order valence-electron chi connectivity index (χ3n) is 5.84. The molecule has 1 aliphatic carbocycles. The Morgan fingerprint density at radius 3 is 2.20 bits per heavy atom. The average molecular weight is 351 g/mol. The molecule has 7 nitrogen and oxygen atoms in total. The van der Waals surface area contributed by atoms with Crippen molar-refractivity contribution in [3.05, 3.63) is 0 Å². The summed E-state index contributed by atoms with van der Waals surface area (Å²) in [5, 5.41) is 3.26. The van der Waals surface area contributed by atoms with Crippen molar-refractivity contribution in [2.75, 3.05) is 39.8 Å². The highest BCUT2D eigenvalue weighted by Crippen LogP contribution is 2.28. The summed E-state index contributed by atoms with van der Waals surface area (Å²) < 4.78 is 4.93. The summed E-state index contributed by atoms with van der Waals surface area (Å²) in [4.78, 5) is 41.3. The molecule has 0 aromatic carbocycles. The summed E-state index contributed by atoms with van der Waals surface area (Å²) >= 11 is 0. The van der Waals surface area contributed by atoms with Gasteiger partial charge in [-0.2, -0.15) is 0 Å². The van der Waals surface area contributed by atoms with Crippen molar-refractivity contribution in [2.24, 2.45) is 11.8 Å². The van der Waals surface area contributed by atoms with Gasteiger partial charge < -0.3 is 19.9 Å². The van der Waals surface area contributed by atoms with E-state index >= 15 is 0 Å². The number of carbonyl (C=O) groups excluding carboxylic acids is 3. The smallest absolute Gasteiger partial charge is 0.330 e. The number of piperazine rings is 1. The summed E-state index contributed by atoms with van der Waals surface area (Å²) in [7, 11) is 1.34. The molecule has 3 rings (SSSR count). The van der Waals surface area contributed by atoms with Gasteiger partial charge in [0.05, 0.1) is 13.7 Å². The molecule has 2 aliphatic heterocycles. The number of rotatable bonds is 3.